The fourth-order valence-electron chi connectivity index (χ4n) is 3.36. The molecular weight excluding hydrogens is 360 g/mol. The van der Waals surface area contributed by atoms with Gasteiger partial charge in [0.15, 0.2) is 0 Å². The highest BCUT2D eigenvalue weighted by Gasteiger charge is 2.24. The van der Waals surface area contributed by atoms with Gasteiger partial charge in [0, 0.05) is 36.8 Å². The number of benzene rings is 2. The normalized spacial score (nSPS) is 15.0. The van der Waals surface area contributed by atoms with E-state index in [1.807, 2.05) is 35.2 Å². The van der Waals surface area contributed by atoms with Crippen LogP contribution in [0.1, 0.15) is 36.7 Å². The van der Waals surface area contributed by atoms with Crippen molar-refractivity contribution < 1.29 is 9.53 Å². The Morgan fingerprint density at radius 2 is 1.63 bits per heavy atom. The molecule has 1 aliphatic heterocycles. The van der Waals surface area contributed by atoms with E-state index in [2.05, 4.69) is 37.8 Å². The summed E-state index contributed by atoms with van der Waals surface area (Å²) in [5.74, 6) is 0.894. The number of halogens is 1. The number of hydrogen-bond donors (Lipinski definition) is 0. The Labute approximate surface area is 166 Å². The lowest BCUT2D eigenvalue weighted by molar-refractivity contribution is 0.0746. The molecule has 1 amide bonds. The van der Waals surface area contributed by atoms with Gasteiger partial charge >= 0.3 is 0 Å². The van der Waals surface area contributed by atoms with E-state index in [9.17, 15) is 4.79 Å². The van der Waals surface area contributed by atoms with Crippen molar-refractivity contribution in [3.63, 3.8) is 0 Å². The zero-order chi connectivity index (χ0) is 19.6. The first-order chi connectivity index (χ1) is 12.8. The van der Waals surface area contributed by atoms with E-state index < -0.39 is 0 Å². The molecule has 0 bridgehead atoms. The van der Waals surface area contributed by atoms with Crippen molar-refractivity contribution >= 4 is 23.2 Å². The highest BCUT2D eigenvalue weighted by Crippen LogP contribution is 2.32. The molecule has 1 aliphatic rings. The van der Waals surface area contributed by atoms with Crippen LogP contribution in [0, 0.1) is 0 Å². The van der Waals surface area contributed by atoms with E-state index in [0.29, 0.717) is 18.1 Å². The van der Waals surface area contributed by atoms with Gasteiger partial charge in [-0.25, -0.2) is 0 Å². The van der Waals surface area contributed by atoms with E-state index in [4.69, 9.17) is 16.3 Å². The van der Waals surface area contributed by atoms with Gasteiger partial charge in [-0.05, 0) is 41.3 Å². The molecule has 27 heavy (non-hydrogen) atoms. The van der Waals surface area contributed by atoms with E-state index in [1.54, 1.807) is 7.11 Å². The van der Waals surface area contributed by atoms with Crippen molar-refractivity contribution in [2.24, 2.45) is 0 Å². The summed E-state index contributed by atoms with van der Waals surface area (Å²) in [6, 6.07) is 13.6. The maximum atomic E-state index is 12.8. The van der Waals surface area contributed by atoms with Gasteiger partial charge in [-0.2, -0.15) is 0 Å². The third-order valence-corrected chi connectivity index (χ3v) is 5.28. The molecule has 0 aromatic heterocycles. The van der Waals surface area contributed by atoms with Crippen LogP contribution in [-0.4, -0.2) is 44.1 Å². The van der Waals surface area contributed by atoms with E-state index in [1.165, 1.54) is 5.56 Å². The summed E-state index contributed by atoms with van der Waals surface area (Å²) in [7, 11) is 1.66. The molecule has 1 heterocycles. The van der Waals surface area contributed by atoms with Gasteiger partial charge in [-0.3, -0.25) is 4.79 Å². The van der Waals surface area contributed by atoms with Gasteiger partial charge in [0.2, 0.25) is 0 Å². The standard InChI is InChI=1S/C22H27ClN2O2/c1-22(2,3)17-7-5-16(6-8-17)21(26)25-13-11-24(12-14-25)19-15-18(23)9-10-20(19)27-4/h5-10,15H,11-14H2,1-4H3. The molecule has 5 heteroatoms. The number of rotatable bonds is 3. The smallest absolute Gasteiger partial charge is 0.253 e. The molecule has 2 aromatic carbocycles. The van der Waals surface area contributed by atoms with E-state index in [0.717, 1.165) is 30.1 Å². The second kappa shape index (κ2) is 7.81. The molecule has 1 fully saturated rings. The summed E-state index contributed by atoms with van der Waals surface area (Å²) in [4.78, 5) is 17.0. The zero-order valence-corrected chi connectivity index (χ0v) is 17.2. The van der Waals surface area contributed by atoms with Crippen LogP contribution in [0.25, 0.3) is 0 Å². The van der Waals surface area contributed by atoms with Crippen LogP contribution >= 0.6 is 11.6 Å². The number of carbonyl (C=O) groups is 1. The fraction of sp³-hybridized carbons (Fsp3) is 0.409. The monoisotopic (exact) mass is 386 g/mol. The van der Waals surface area contributed by atoms with Crippen molar-refractivity contribution in [3.8, 4) is 5.75 Å². The van der Waals surface area contributed by atoms with Crippen LogP contribution < -0.4 is 9.64 Å². The largest absolute Gasteiger partial charge is 0.495 e. The molecular formula is C22H27ClN2O2. The average Bonchev–Trinajstić information content (AvgIpc) is 2.67. The number of ether oxygens (including phenoxy) is 1. The first kappa shape index (κ1) is 19.6. The SMILES string of the molecule is COc1ccc(Cl)cc1N1CCN(C(=O)c2ccc(C(C)(C)C)cc2)CC1. The summed E-state index contributed by atoms with van der Waals surface area (Å²) in [6.45, 7) is 9.38. The summed E-state index contributed by atoms with van der Waals surface area (Å²) >= 11 is 6.15. The average molecular weight is 387 g/mol. The lowest BCUT2D eigenvalue weighted by Crippen LogP contribution is -2.48. The Kier molecular flexibility index (Phi) is 5.66. The van der Waals surface area contributed by atoms with Crippen molar-refractivity contribution in [3.05, 3.63) is 58.6 Å². The molecule has 0 aliphatic carbocycles. The van der Waals surface area contributed by atoms with Crippen LogP contribution in [0.5, 0.6) is 5.75 Å². The van der Waals surface area contributed by atoms with Gasteiger partial charge in [0.25, 0.3) is 5.91 Å². The summed E-state index contributed by atoms with van der Waals surface area (Å²) in [5.41, 5.74) is 3.05. The third kappa shape index (κ3) is 4.38. The van der Waals surface area contributed by atoms with Crippen molar-refractivity contribution in [1.29, 1.82) is 0 Å². The topological polar surface area (TPSA) is 32.8 Å². The van der Waals surface area contributed by atoms with Crippen LogP contribution in [0.15, 0.2) is 42.5 Å². The van der Waals surface area contributed by atoms with Crippen LogP contribution in [0.4, 0.5) is 5.69 Å². The number of carbonyl (C=O) groups excluding carboxylic acids is 1. The molecule has 0 N–H and O–H groups in total. The number of hydrogen-bond acceptors (Lipinski definition) is 3. The predicted octanol–water partition coefficient (Wildman–Crippen LogP) is 4.61. The lowest BCUT2D eigenvalue weighted by Gasteiger charge is -2.36. The number of piperazine rings is 1. The predicted molar refractivity (Wildman–Crippen MR) is 111 cm³/mol. The summed E-state index contributed by atoms with van der Waals surface area (Å²) < 4.78 is 5.45. The highest BCUT2D eigenvalue weighted by molar-refractivity contribution is 6.30. The second-order valence-electron chi connectivity index (χ2n) is 7.92. The molecule has 0 saturated carbocycles. The van der Waals surface area contributed by atoms with Crippen LogP contribution in [0.3, 0.4) is 0 Å². The van der Waals surface area contributed by atoms with Crippen LogP contribution in [-0.2, 0) is 5.41 Å². The van der Waals surface area contributed by atoms with Crippen molar-refractivity contribution in [2.45, 2.75) is 26.2 Å². The number of nitrogens with zero attached hydrogens (tertiary/aromatic N) is 2. The van der Waals surface area contributed by atoms with Gasteiger partial charge in [-0.15, -0.1) is 0 Å². The molecule has 1 saturated heterocycles. The van der Waals surface area contributed by atoms with Crippen molar-refractivity contribution in [2.75, 3.05) is 38.2 Å². The Balaban J connectivity index is 1.67. The minimum atomic E-state index is 0.0865. The minimum Gasteiger partial charge on any atom is -0.495 e. The minimum absolute atomic E-state index is 0.0865. The second-order valence-corrected chi connectivity index (χ2v) is 8.36. The molecule has 0 radical (unpaired) electrons. The third-order valence-electron chi connectivity index (χ3n) is 5.05. The maximum absolute atomic E-state index is 12.8. The van der Waals surface area contributed by atoms with E-state index >= 15 is 0 Å². The van der Waals surface area contributed by atoms with Gasteiger partial charge in [0.1, 0.15) is 5.75 Å². The fourth-order valence-corrected chi connectivity index (χ4v) is 3.52. The molecule has 144 valence electrons. The van der Waals surface area contributed by atoms with Crippen molar-refractivity contribution in [1.82, 2.24) is 4.90 Å². The summed E-state index contributed by atoms with van der Waals surface area (Å²) in [6.07, 6.45) is 0. The Morgan fingerprint density at radius 3 is 2.19 bits per heavy atom. The maximum Gasteiger partial charge on any atom is 0.253 e. The number of anilines is 1. The van der Waals surface area contributed by atoms with Gasteiger partial charge in [0.05, 0.1) is 12.8 Å². The summed E-state index contributed by atoms with van der Waals surface area (Å²) in [5, 5.41) is 0.684. The molecule has 4 nitrogen and oxygen atoms in total. The first-order valence-corrected chi connectivity index (χ1v) is 9.65. The van der Waals surface area contributed by atoms with Crippen LogP contribution in [0.2, 0.25) is 5.02 Å². The zero-order valence-electron chi connectivity index (χ0n) is 16.5. The quantitative estimate of drug-likeness (QED) is 0.772. The Hall–Kier alpha value is -2.20. The molecule has 0 atom stereocenters. The molecule has 2 aromatic rings. The number of methoxy groups -OCH3 is 1. The van der Waals surface area contributed by atoms with Gasteiger partial charge < -0.3 is 14.5 Å². The molecule has 0 spiro atoms. The Bertz CT molecular complexity index is 804. The highest BCUT2D eigenvalue weighted by atomic mass is 35.5. The molecule has 0 unspecified atom stereocenters. The first-order valence-electron chi connectivity index (χ1n) is 9.28. The van der Waals surface area contributed by atoms with Gasteiger partial charge in [-0.1, -0.05) is 44.5 Å². The lowest BCUT2D eigenvalue weighted by atomic mass is 9.86. The molecule has 3 rings (SSSR count). The Morgan fingerprint density at radius 1 is 1.00 bits per heavy atom. The van der Waals surface area contributed by atoms with E-state index in [-0.39, 0.29) is 11.3 Å². The number of amides is 1.